The van der Waals surface area contributed by atoms with E-state index in [2.05, 4.69) is 0 Å². The highest BCUT2D eigenvalue weighted by atomic mass is 19.4. The fraction of sp³-hybridized carbons (Fsp3) is 0.750. The molecular formula is C8H12F3N. The van der Waals surface area contributed by atoms with Crippen LogP contribution in [0, 0.1) is 0 Å². The molecule has 12 heavy (non-hydrogen) atoms. The number of nitrogens with zero attached hydrogens (tertiary/aromatic N) is 1. The zero-order chi connectivity index (χ0) is 9.19. The Morgan fingerprint density at radius 1 is 1.25 bits per heavy atom. The lowest BCUT2D eigenvalue weighted by Crippen LogP contribution is -2.19. The Morgan fingerprint density at radius 3 is 2.17 bits per heavy atom. The van der Waals surface area contributed by atoms with E-state index < -0.39 is 6.18 Å². The smallest absolute Gasteiger partial charge is 0.375 e. The molecule has 1 aliphatic heterocycles. The van der Waals surface area contributed by atoms with Gasteiger partial charge in [-0.3, -0.25) is 0 Å². The van der Waals surface area contributed by atoms with Gasteiger partial charge in [0.15, 0.2) is 0 Å². The van der Waals surface area contributed by atoms with Crippen LogP contribution in [0.4, 0.5) is 13.2 Å². The van der Waals surface area contributed by atoms with Gasteiger partial charge < -0.3 is 4.90 Å². The van der Waals surface area contributed by atoms with Gasteiger partial charge in [-0.15, -0.1) is 0 Å². The van der Waals surface area contributed by atoms with Gasteiger partial charge in [-0.25, -0.2) is 0 Å². The molecule has 70 valence electrons. The van der Waals surface area contributed by atoms with Crippen LogP contribution in [0.5, 0.6) is 0 Å². The minimum atomic E-state index is -4.17. The third kappa shape index (κ3) is 2.75. The molecule has 0 N–H and O–H groups in total. The Labute approximate surface area is 69.9 Å². The van der Waals surface area contributed by atoms with E-state index in [0.29, 0.717) is 11.8 Å². The van der Waals surface area contributed by atoms with Gasteiger partial charge in [0.2, 0.25) is 0 Å². The fourth-order valence-electron chi connectivity index (χ4n) is 1.40. The maximum atomic E-state index is 11.9. The van der Waals surface area contributed by atoms with E-state index in [9.17, 15) is 13.2 Å². The molecule has 1 saturated heterocycles. The van der Waals surface area contributed by atoms with Crippen LogP contribution in [0.25, 0.3) is 0 Å². The summed E-state index contributed by atoms with van der Waals surface area (Å²) in [5.41, 5.74) is 0.333. The van der Waals surface area contributed by atoms with Gasteiger partial charge in [-0.05, 0) is 19.8 Å². The SMILES string of the molecule is C/C(=C\C(F)(F)F)N1CCCC1. The third-order valence-electron chi connectivity index (χ3n) is 1.98. The average molecular weight is 179 g/mol. The van der Waals surface area contributed by atoms with Crippen LogP contribution in [-0.4, -0.2) is 24.2 Å². The first-order chi connectivity index (χ1) is 5.49. The van der Waals surface area contributed by atoms with E-state index in [1.54, 1.807) is 4.90 Å². The van der Waals surface area contributed by atoms with Crippen molar-refractivity contribution in [3.8, 4) is 0 Å². The molecule has 0 bridgehead atoms. The van der Waals surface area contributed by atoms with Crippen molar-refractivity contribution in [2.45, 2.75) is 25.9 Å². The van der Waals surface area contributed by atoms with Gasteiger partial charge in [0.05, 0.1) is 0 Å². The van der Waals surface area contributed by atoms with Crippen LogP contribution in [0.3, 0.4) is 0 Å². The highest BCUT2D eigenvalue weighted by Crippen LogP contribution is 2.22. The molecule has 0 amide bonds. The van der Waals surface area contributed by atoms with Crippen LogP contribution in [0.1, 0.15) is 19.8 Å². The Morgan fingerprint density at radius 2 is 1.75 bits per heavy atom. The molecule has 1 nitrogen and oxygen atoms in total. The van der Waals surface area contributed by atoms with Crippen LogP contribution < -0.4 is 0 Å². The van der Waals surface area contributed by atoms with Crippen molar-refractivity contribution in [3.05, 3.63) is 11.8 Å². The van der Waals surface area contributed by atoms with Crippen LogP contribution in [-0.2, 0) is 0 Å². The molecule has 4 heteroatoms. The second-order valence-electron chi connectivity index (χ2n) is 3.02. The Hall–Kier alpha value is -0.670. The van der Waals surface area contributed by atoms with Gasteiger partial charge in [0.25, 0.3) is 0 Å². The summed E-state index contributed by atoms with van der Waals surface area (Å²) < 4.78 is 35.6. The summed E-state index contributed by atoms with van der Waals surface area (Å²) >= 11 is 0. The second-order valence-corrected chi connectivity index (χ2v) is 3.02. The summed E-state index contributed by atoms with van der Waals surface area (Å²) in [6.45, 7) is 3.04. The van der Waals surface area contributed by atoms with E-state index in [4.69, 9.17) is 0 Å². The highest BCUT2D eigenvalue weighted by molar-refractivity contribution is 5.02. The van der Waals surface area contributed by atoms with Crippen molar-refractivity contribution in [2.75, 3.05) is 13.1 Å². The molecule has 0 unspecified atom stereocenters. The minimum Gasteiger partial charge on any atom is -0.375 e. The van der Waals surface area contributed by atoms with Gasteiger partial charge >= 0.3 is 6.18 Å². The first-order valence-electron chi connectivity index (χ1n) is 4.00. The van der Waals surface area contributed by atoms with E-state index in [1.807, 2.05) is 0 Å². The third-order valence-corrected chi connectivity index (χ3v) is 1.98. The number of hydrogen-bond acceptors (Lipinski definition) is 1. The van der Waals surface area contributed by atoms with Crippen LogP contribution >= 0.6 is 0 Å². The summed E-state index contributed by atoms with van der Waals surface area (Å²) in [4.78, 5) is 1.77. The topological polar surface area (TPSA) is 3.24 Å². The van der Waals surface area contributed by atoms with Gasteiger partial charge in [0.1, 0.15) is 0 Å². The first-order valence-corrected chi connectivity index (χ1v) is 4.00. The summed E-state index contributed by atoms with van der Waals surface area (Å²) in [6.07, 6.45) is -1.79. The number of rotatable bonds is 1. The molecule has 0 saturated carbocycles. The average Bonchev–Trinajstić information content (AvgIpc) is 2.32. The molecule has 0 spiro atoms. The predicted octanol–water partition coefficient (Wildman–Crippen LogP) is 2.55. The van der Waals surface area contributed by atoms with Crippen molar-refractivity contribution in [3.63, 3.8) is 0 Å². The summed E-state index contributed by atoms with van der Waals surface area (Å²) in [6, 6.07) is 0. The number of halogens is 3. The molecule has 0 atom stereocenters. The van der Waals surface area contributed by atoms with Gasteiger partial charge in [0, 0.05) is 24.9 Å². The standard InChI is InChI=1S/C8H12F3N/c1-7(6-8(9,10)11)12-4-2-3-5-12/h6H,2-5H2,1H3/b7-6+. The normalized spacial score (nSPS) is 20.3. The fourth-order valence-corrected chi connectivity index (χ4v) is 1.40. The Bertz CT molecular complexity index is 177. The first kappa shape index (κ1) is 9.42. The zero-order valence-corrected chi connectivity index (χ0v) is 6.99. The monoisotopic (exact) mass is 179 g/mol. The molecular weight excluding hydrogens is 167 g/mol. The number of likely N-dealkylation sites (tertiary alicyclic amines) is 1. The predicted molar refractivity (Wildman–Crippen MR) is 40.6 cm³/mol. The quantitative estimate of drug-likeness (QED) is 0.598. The maximum Gasteiger partial charge on any atom is 0.411 e. The van der Waals surface area contributed by atoms with Crippen molar-refractivity contribution in [1.82, 2.24) is 4.90 Å². The minimum absolute atomic E-state index is 0.333. The summed E-state index contributed by atoms with van der Waals surface area (Å²) in [7, 11) is 0. The zero-order valence-electron chi connectivity index (χ0n) is 6.99. The van der Waals surface area contributed by atoms with Gasteiger partial charge in [-0.1, -0.05) is 0 Å². The van der Waals surface area contributed by atoms with Crippen molar-refractivity contribution >= 4 is 0 Å². The molecule has 0 radical (unpaired) electrons. The molecule has 0 aliphatic carbocycles. The Kier molecular flexibility index (Phi) is 2.65. The van der Waals surface area contributed by atoms with E-state index in [1.165, 1.54) is 6.92 Å². The molecule has 1 fully saturated rings. The highest BCUT2D eigenvalue weighted by Gasteiger charge is 2.25. The van der Waals surface area contributed by atoms with Crippen LogP contribution in [0.2, 0.25) is 0 Å². The molecule has 1 aliphatic rings. The largest absolute Gasteiger partial charge is 0.411 e. The summed E-state index contributed by atoms with van der Waals surface area (Å²) in [5.74, 6) is 0. The van der Waals surface area contributed by atoms with Crippen molar-refractivity contribution in [1.29, 1.82) is 0 Å². The number of alkyl halides is 3. The van der Waals surface area contributed by atoms with Gasteiger partial charge in [-0.2, -0.15) is 13.2 Å². The Balaban J connectivity index is 2.56. The lowest BCUT2D eigenvalue weighted by Gasteiger charge is -2.18. The molecule has 0 aromatic carbocycles. The maximum absolute atomic E-state index is 11.9. The van der Waals surface area contributed by atoms with E-state index >= 15 is 0 Å². The molecule has 1 rings (SSSR count). The van der Waals surface area contributed by atoms with E-state index in [0.717, 1.165) is 25.9 Å². The molecule has 1 heterocycles. The lowest BCUT2D eigenvalue weighted by molar-refractivity contribution is -0.0814. The van der Waals surface area contributed by atoms with Crippen LogP contribution in [0.15, 0.2) is 11.8 Å². The lowest BCUT2D eigenvalue weighted by atomic mass is 10.4. The number of allylic oxidation sites excluding steroid dienone is 2. The van der Waals surface area contributed by atoms with E-state index in [-0.39, 0.29) is 0 Å². The van der Waals surface area contributed by atoms with Crippen molar-refractivity contribution < 1.29 is 13.2 Å². The molecule has 0 aromatic heterocycles. The second kappa shape index (κ2) is 3.37. The number of hydrogen-bond donors (Lipinski definition) is 0. The summed E-state index contributed by atoms with van der Waals surface area (Å²) in [5, 5.41) is 0. The molecule has 0 aromatic rings. The van der Waals surface area contributed by atoms with Crippen molar-refractivity contribution in [2.24, 2.45) is 0 Å².